The number of rotatable bonds is 10. The molecule has 1 atom stereocenters. The maximum absolute atomic E-state index is 5.53. The zero-order chi connectivity index (χ0) is 14.8. The third-order valence-electron chi connectivity index (χ3n) is 3.35. The van der Waals surface area contributed by atoms with E-state index in [1.54, 1.807) is 14.2 Å². The first-order valence-corrected chi connectivity index (χ1v) is 7.08. The van der Waals surface area contributed by atoms with Crippen molar-refractivity contribution in [2.75, 3.05) is 41.1 Å². The fraction of sp³-hybridized carbons (Fsp3) is 0.625. The molecule has 1 aromatic rings. The number of nitrogens with one attached hydrogen (secondary N) is 1. The largest absolute Gasteiger partial charge is 0.496 e. The Morgan fingerprint density at radius 1 is 1.15 bits per heavy atom. The van der Waals surface area contributed by atoms with Crippen molar-refractivity contribution in [1.82, 2.24) is 5.32 Å². The van der Waals surface area contributed by atoms with Crippen molar-refractivity contribution in [1.29, 1.82) is 0 Å². The van der Waals surface area contributed by atoms with Crippen molar-refractivity contribution in [2.45, 2.75) is 25.8 Å². The molecule has 114 valence electrons. The number of methoxy groups -OCH3 is 2. The summed E-state index contributed by atoms with van der Waals surface area (Å²) < 4.78 is 15.9. The van der Waals surface area contributed by atoms with Gasteiger partial charge in [-0.3, -0.25) is 0 Å². The van der Waals surface area contributed by atoms with Gasteiger partial charge in [0.05, 0.1) is 20.3 Å². The van der Waals surface area contributed by atoms with Crippen molar-refractivity contribution >= 4 is 0 Å². The molecule has 1 aromatic carbocycles. The predicted molar refractivity (Wildman–Crippen MR) is 81.6 cm³/mol. The van der Waals surface area contributed by atoms with Gasteiger partial charge in [-0.15, -0.1) is 0 Å². The molecule has 0 amide bonds. The predicted octanol–water partition coefficient (Wildman–Crippen LogP) is 2.19. The van der Waals surface area contributed by atoms with Gasteiger partial charge in [0.15, 0.2) is 0 Å². The van der Waals surface area contributed by atoms with Crippen LogP contribution in [-0.2, 0) is 15.9 Å². The summed E-state index contributed by atoms with van der Waals surface area (Å²) in [6.45, 7) is 4.14. The molecule has 0 radical (unpaired) electrons. The summed E-state index contributed by atoms with van der Waals surface area (Å²) in [6.07, 6.45) is 1.91. The van der Waals surface area contributed by atoms with Crippen LogP contribution in [-0.4, -0.2) is 47.1 Å². The summed E-state index contributed by atoms with van der Waals surface area (Å²) in [6, 6.07) is 6.68. The van der Waals surface area contributed by atoms with Gasteiger partial charge in [-0.25, -0.2) is 0 Å². The van der Waals surface area contributed by atoms with Crippen molar-refractivity contribution in [3.05, 3.63) is 29.3 Å². The molecular weight excluding hydrogens is 254 g/mol. The normalized spacial score (nSPS) is 12.4. The first-order chi connectivity index (χ1) is 9.71. The van der Waals surface area contributed by atoms with Gasteiger partial charge in [0.25, 0.3) is 0 Å². The first-order valence-electron chi connectivity index (χ1n) is 7.08. The second kappa shape index (κ2) is 9.75. The smallest absolute Gasteiger partial charge is 0.122 e. The SMILES string of the molecule is CNC(CCOCCOC)Cc1cc(C)ccc1OC. The molecule has 4 heteroatoms. The molecular formula is C16H27NO3. The minimum absolute atomic E-state index is 0.383. The van der Waals surface area contributed by atoms with Gasteiger partial charge in [0.1, 0.15) is 5.75 Å². The molecule has 0 saturated carbocycles. The lowest BCUT2D eigenvalue weighted by atomic mass is 10.0. The molecule has 1 unspecified atom stereocenters. The molecule has 20 heavy (non-hydrogen) atoms. The van der Waals surface area contributed by atoms with Crippen molar-refractivity contribution in [3.63, 3.8) is 0 Å². The van der Waals surface area contributed by atoms with Crippen LogP contribution >= 0.6 is 0 Å². The van der Waals surface area contributed by atoms with Gasteiger partial charge < -0.3 is 19.5 Å². The van der Waals surface area contributed by atoms with E-state index in [4.69, 9.17) is 14.2 Å². The summed E-state index contributed by atoms with van der Waals surface area (Å²) >= 11 is 0. The van der Waals surface area contributed by atoms with Crippen molar-refractivity contribution in [2.24, 2.45) is 0 Å². The molecule has 1 N–H and O–H groups in total. The summed E-state index contributed by atoms with van der Waals surface area (Å²) in [5.41, 5.74) is 2.50. The summed E-state index contributed by atoms with van der Waals surface area (Å²) in [4.78, 5) is 0. The number of likely N-dealkylation sites (N-methyl/N-ethyl adjacent to an activating group) is 1. The maximum atomic E-state index is 5.53. The van der Waals surface area contributed by atoms with Crippen LogP contribution in [0.25, 0.3) is 0 Å². The van der Waals surface area contributed by atoms with E-state index in [-0.39, 0.29) is 0 Å². The Balaban J connectivity index is 2.48. The van der Waals surface area contributed by atoms with E-state index in [1.165, 1.54) is 11.1 Å². The van der Waals surface area contributed by atoms with E-state index in [0.29, 0.717) is 19.3 Å². The van der Waals surface area contributed by atoms with Crippen molar-refractivity contribution < 1.29 is 14.2 Å². The molecule has 1 rings (SSSR count). The van der Waals surface area contributed by atoms with Gasteiger partial charge in [0, 0.05) is 19.8 Å². The van der Waals surface area contributed by atoms with Gasteiger partial charge >= 0.3 is 0 Å². The lowest BCUT2D eigenvalue weighted by Crippen LogP contribution is -2.29. The molecule has 0 heterocycles. The summed E-state index contributed by atoms with van der Waals surface area (Å²) in [7, 11) is 5.39. The summed E-state index contributed by atoms with van der Waals surface area (Å²) in [5.74, 6) is 0.955. The number of ether oxygens (including phenoxy) is 3. The molecule has 0 aliphatic heterocycles. The lowest BCUT2D eigenvalue weighted by Gasteiger charge is -2.18. The average Bonchev–Trinajstić information content (AvgIpc) is 2.46. The van der Waals surface area contributed by atoms with Crippen LogP contribution < -0.4 is 10.1 Å². The monoisotopic (exact) mass is 281 g/mol. The van der Waals surface area contributed by atoms with Crippen LogP contribution in [0.4, 0.5) is 0 Å². The molecule has 0 saturated heterocycles. The highest BCUT2D eigenvalue weighted by Gasteiger charge is 2.11. The quantitative estimate of drug-likeness (QED) is 0.667. The van der Waals surface area contributed by atoms with Crippen LogP contribution in [0.1, 0.15) is 17.5 Å². The van der Waals surface area contributed by atoms with Crippen LogP contribution in [0, 0.1) is 6.92 Å². The Bertz CT molecular complexity index is 382. The number of hydrogen-bond acceptors (Lipinski definition) is 4. The fourth-order valence-electron chi connectivity index (χ4n) is 2.15. The molecule has 0 aliphatic carbocycles. The second-order valence-electron chi connectivity index (χ2n) is 4.90. The van der Waals surface area contributed by atoms with E-state index < -0.39 is 0 Å². The maximum Gasteiger partial charge on any atom is 0.122 e. The van der Waals surface area contributed by atoms with Crippen LogP contribution in [0.5, 0.6) is 5.75 Å². The first kappa shape index (κ1) is 17.0. The van der Waals surface area contributed by atoms with E-state index in [1.807, 2.05) is 13.1 Å². The highest BCUT2D eigenvalue weighted by atomic mass is 16.5. The van der Waals surface area contributed by atoms with E-state index in [2.05, 4.69) is 24.4 Å². The third kappa shape index (κ3) is 5.90. The number of aryl methyl sites for hydroxylation is 1. The van der Waals surface area contributed by atoms with Gasteiger partial charge in [-0.2, -0.15) is 0 Å². The van der Waals surface area contributed by atoms with E-state index >= 15 is 0 Å². The van der Waals surface area contributed by atoms with Crippen LogP contribution in [0.15, 0.2) is 18.2 Å². The van der Waals surface area contributed by atoms with Gasteiger partial charge in [0.2, 0.25) is 0 Å². The topological polar surface area (TPSA) is 39.7 Å². The Hall–Kier alpha value is -1.10. The highest BCUT2D eigenvalue weighted by Crippen LogP contribution is 2.21. The summed E-state index contributed by atoms with van der Waals surface area (Å²) in [5, 5.41) is 3.35. The van der Waals surface area contributed by atoms with Crippen LogP contribution in [0.2, 0.25) is 0 Å². The number of benzene rings is 1. The Morgan fingerprint density at radius 2 is 1.95 bits per heavy atom. The molecule has 0 aromatic heterocycles. The Morgan fingerprint density at radius 3 is 2.60 bits per heavy atom. The van der Waals surface area contributed by atoms with Gasteiger partial charge in [-0.05, 0) is 38.4 Å². The zero-order valence-corrected chi connectivity index (χ0v) is 13.1. The van der Waals surface area contributed by atoms with E-state index in [9.17, 15) is 0 Å². The van der Waals surface area contributed by atoms with Gasteiger partial charge in [-0.1, -0.05) is 17.7 Å². The minimum atomic E-state index is 0.383. The van der Waals surface area contributed by atoms with E-state index in [0.717, 1.165) is 25.2 Å². The zero-order valence-electron chi connectivity index (χ0n) is 13.1. The number of hydrogen-bond donors (Lipinski definition) is 1. The highest BCUT2D eigenvalue weighted by molar-refractivity contribution is 5.37. The lowest BCUT2D eigenvalue weighted by molar-refractivity contribution is 0.0661. The second-order valence-corrected chi connectivity index (χ2v) is 4.90. The molecule has 0 aliphatic rings. The molecule has 0 fully saturated rings. The minimum Gasteiger partial charge on any atom is -0.496 e. The average molecular weight is 281 g/mol. The molecule has 4 nitrogen and oxygen atoms in total. The molecule has 0 spiro atoms. The fourth-order valence-corrected chi connectivity index (χ4v) is 2.15. The third-order valence-corrected chi connectivity index (χ3v) is 3.35. The van der Waals surface area contributed by atoms with Crippen LogP contribution in [0.3, 0.4) is 0 Å². The standard InChI is InChI=1S/C16H27NO3/c1-13-5-6-16(19-4)14(11-13)12-15(17-2)7-8-20-10-9-18-3/h5-6,11,15,17H,7-10,12H2,1-4H3. The van der Waals surface area contributed by atoms with Crippen molar-refractivity contribution in [3.8, 4) is 5.75 Å². The Labute approximate surface area is 122 Å². The molecule has 0 bridgehead atoms. The Kier molecular flexibility index (Phi) is 8.26.